The predicted molar refractivity (Wildman–Crippen MR) is 158 cm³/mol. The average Bonchev–Trinajstić information content (AvgIpc) is 3.76. The Morgan fingerprint density at radius 3 is 2.52 bits per heavy atom. The molecule has 5 heterocycles. The number of anilines is 2. The lowest BCUT2D eigenvalue weighted by atomic mass is 9.94. The summed E-state index contributed by atoms with van der Waals surface area (Å²) in [5.74, 6) is -0.138. The first-order chi connectivity index (χ1) is 19.7. The average molecular weight is 529 g/mol. The lowest BCUT2D eigenvalue weighted by molar-refractivity contribution is -0.111. The number of amides is 1. The highest BCUT2D eigenvalue weighted by Gasteiger charge is 2.40. The number of nitrogens with one attached hydrogen (secondary N) is 3. The van der Waals surface area contributed by atoms with Crippen LogP contribution in [0.25, 0.3) is 16.7 Å². The summed E-state index contributed by atoms with van der Waals surface area (Å²) in [6.45, 7) is 3.23. The number of pyridine rings is 2. The van der Waals surface area contributed by atoms with Crippen LogP contribution in [-0.4, -0.2) is 40.0 Å². The Labute approximate surface area is 234 Å². The smallest absolute Gasteiger partial charge is 0.258 e. The maximum absolute atomic E-state index is 13.7. The second-order valence-electron chi connectivity index (χ2n) is 10.9. The predicted octanol–water partition coefficient (Wildman–Crippen LogP) is 5.42. The van der Waals surface area contributed by atoms with E-state index in [0.29, 0.717) is 11.3 Å². The van der Waals surface area contributed by atoms with E-state index in [1.165, 1.54) is 30.4 Å². The molecule has 3 aliphatic rings. The van der Waals surface area contributed by atoms with Crippen molar-refractivity contribution in [2.75, 3.05) is 23.7 Å². The quantitative estimate of drug-likeness (QED) is 0.277. The molecule has 3 N–H and O–H groups in total. The molecule has 0 radical (unpaired) electrons. The zero-order valence-electron chi connectivity index (χ0n) is 22.4. The molecule has 2 aromatic heterocycles. The van der Waals surface area contributed by atoms with Gasteiger partial charge in [-0.1, -0.05) is 42.8 Å². The summed E-state index contributed by atoms with van der Waals surface area (Å²) in [4.78, 5) is 25.1. The zero-order valence-corrected chi connectivity index (χ0v) is 22.4. The topological polar surface area (TPSA) is 92.1 Å². The van der Waals surface area contributed by atoms with E-state index in [4.69, 9.17) is 0 Å². The van der Waals surface area contributed by atoms with Crippen molar-refractivity contribution in [3.05, 3.63) is 113 Å². The molecule has 2 aromatic carbocycles. The molecular weight excluding hydrogens is 496 g/mol. The normalized spacial score (nSPS) is 17.8. The molecular formula is C33H32N6O. The molecule has 40 heavy (non-hydrogen) atoms. The van der Waals surface area contributed by atoms with Crippen LogP contribution in [0.5, 0.6) is 0 Å². The number of carbonyl (C=O) groups is 1. The first-order valence-electron chi connectivity index (χ1n) is 14.1. The molecule has 7 nitrogen and oxygen atoms in total. The van der Waals surface area contributed by atoms with Crippen LogP contribution < -0.4 is 16.0 Å². The molecule has 0 spiro atoms. The highest BCUT2D eigenvalue weighted by Crippen LogP contribution is 2.41. The van der Waals surface area contributed by atoms with Gasteiger partial charge in [-0.05, 0) is 78.9 Å². The Balaban J connectivity index is 1.13. The summed E-state index contributed by atoms with van der Waals surface area (Å²) in [5.41, 5.74) is 9.70. The second-order valence-corrected chi connectivity index (χ2v) is 10.9. The van der Waals surface area contributed by atoms with Crippen LogP contribution in [0.2, 0.25) is 0 Å². The van der Waals surface area contributed by atoms with Crippen LogP contribution in [0.1, 0.15) is 41.5 Å². The van der Waals surface area contributed by atoms with Crippen LogP contribution in [0, 0.1) is 0 Å². The van der Waals surface area contributed by atoms with Gasteiger partial charge in [0, 0.05) is 41.9 Å². The van der Waals surface area contributed by atoms with E-state index >= 15 is 0 Å². The third-order valence-corrected chi connectivity index (χ3v) is 7.88. The van der Waals surface area contributed by atoms with Gasteiger partial charge >= 0.3 is 0 Å². The molecule has 3 aliphatic heterocycles. The van der Waals surface area contributed by atoms with Crippen molar-refractivity contribution in [3.63, 3.8) is 0 Å². The number of piperidine rings is 1. The summed E-state index contributed by atoms with van der Waals surface area (Å²) in [6.07, 6.45) is 12.1. The molecule has 200 valence electrons. The maximum Gasteiger partial charge on any atom is 0.258 e. The minimum absolute atomic E-state index is 0.00354. The van der Waals surface area contributed by atoms with Crippen molar-refractivity contribution in [1.29, 1.82) is 0 Å². The molecule has 1 unspecified atom stereocenters. The summed E-state index contributed by atoms with van der Waals surface area (Å²) in [5, 5.41) is 9.91. The Bertz CT molecular complexity index is 1590. The number of likely N-dealkylation sites (tertiary alicyclic amines) is 1. The molecule has 0 bridgehead atoms. The van der Waals surface area contributed by atoms with E-state index in [0.717, 1.165) is 59.7 Å². The molecule has 7 heteroatoms. The van der Waals surface area contributed by atoms with Gasteiger partial charge in [0.1, 0.15) is 6.17 Å². The van der Waals surface area contributed by atoms with E-state index in [2.05, 4.69) is 67.2 Å². The van der Waals surface area contributed by atoms with Crippen molar-refractivity contribution in [2.45, 2.75) is 38.4 Å². The van der Waals surface area contributed by atoms with E-state index < -0.39 is 0 Å². The lowest BCUT2D eigenvalue weighted by Crippen LogP contribution is -2.29. The van der Waals surface area contributed by atoms with Crippen molar-refractivity contribution >= 4 is 22.9 Å². The van der Waals surface area contributed by atoms with E-state index in [9.17, 15) is 4.79 Å². The molecule has 2 saturated heterocycles. The number of aromatic nitrogens is 2. The van der Waals surface area contributed by atoms with Gasteiger partial charge in [0.05, 0.1) is 23.2 Å². The van der Waals surface area contributed by atoms with Gasteiger partial charge in [-0.15, -0.1) is 0 Å². The number of nitrogens with zero attached hydrogens (tertiary/aromatic N) is 3. The molecule has 4 aromatic rings. The monoisotopic (exact) mass is 528 g/mol. The number of hydrogen-bond acceptors (Lipinski definition) is 6. The number of fused-ring (bicyclic) bond motifs is 2. The Morgan fingerprint density at radius 2 is 1.65 bits per heavy atom. The Hall–Kier alpha value is -4.49. The van der Waals surface area contributed by atoms with Crippen molar-refractivity contribution in [1.82, 2.24) is 20.2 Å². The highest BCUT2D eigenvalue weighted by molar-refractivity contribution is 6.28. The van der Waals surface area contributed by atoms with E-state index in [-0.39, 0.29) is 12.1 Å². The number of hydrogen-bond donors (Lipinski definition) is 3. The van der Waals surface area contributed by atoms with Crippen molar-refractivity contribution < 1.29 is 4.79 Å². The fourth-order valence-corrected chi connectivity index (χ4v) is 5.83. The fourth-order valence-electron chi connectivity index (χ4n) is 5.83. The maximum atomic E-state index is 13.7. The van der Waals surface area contributed by atoms with Crippen LogP contribution in [0.15, 0.2) is 91.1 Å². The molecule has 1 amide bonds. The number of benzene rings is 2. The van der Waals surface area contributed by atoms with Crippen molar-refractivity contribution in [3.8, 4) is 11.1 Å². The molecule has 0 aliphatic carbocycles. The molecule has 1 atom stereocenters. The number of rotatable bonds is 7. The zero-order chi connectivity index (χ0) is 26.9. The van der Waals surface area contributed by atoms with Crippen LogP contribution >= 0.6 is 0 Å². The van der Waals surface area contributed by atoms with Gasteiger partial charge in [0.15, 0.2) is 0 Å². The lowest BCUT2D eigenvalue weighted by Gasteiger charge is -2.26. The first-order valence-corrected chi connectivity index (χ1v) is 14.1. The summed E-state index contributed by atoms with van der Waals surface area (Å²) >= 11 is 0. The fraction of sp³-hybridized carbons (Fsp3) is 0.242. The summed E-state index contributed by atoms with van der Waals surface area (Å²) in [6, 6.07) is 20.8. The highest BCUT2D eigenvalue weighted by atomic mass is 16.1. The largest absolute Gasteiger partial charge is 0.360 e. The molecule has 2 fully saturated rings. The van der Waals surface area contributed by atoms with Gasteiger partial charge < -0.3 is 16.0 Å². The third kappa shape index (κ3) is 5.20. The van der Waals surface area contributed by atoms with E-state index in [1.54, 1.807) is 6.20 Å². The summed E-state index contributed by atoms with van der Waals surface area (Å²) < 4.78 is 0. The van der Waals surface area contributed by atoms with Gasteiger partial charge in [-0.25, -0.2) is 0 Å². The van der Waals surface area contributed by atoms with Gasteiger partial charge in [0.2, 0.25) is 0 Å². The van der Waals surface area contributed by atoms with Crippen LogP contribution in [0.4, 0.5) is 11.4 Å². The van der Waals surface area contributed by atoms with Gasteiger partial charge in [-0.3, -0.25) is 19.7 Å². The van der Waals surface area contributed by atoms with Gasteiger partial charge in [0.25, 0.3) is 5.91 Å². The molecule has 7 rings (SSSR count). The summed E-state index contributed by atoms with van der Waals surface area (Å²) in [7, 11) is 0. The Kier molecular flexibility index (Phi) is 6.49. The van der Waals surface area contributed by atoms with Gasteiger partial charge in [-0.2, -0.15) is 0 Å². The van der Waals surface area contributed by atoms with Crippen molar-refractivity contribution in [2.24, 2.45) is 0 Å². The standard InChI is InChI=1S/C33H32N6O/c40-33(36-27-15-23(17-35-20-27)13-22-7-3-1-4-8-22)30-28-16-25(9-10-29(28)37-32-31(30)38-32)26-14-24(18-34-19-26)21-39-11-5-2-6-12-39/h1,3-4,7-10,14-20,32,37-38H,2,5-6,11-13,21H2,(H,36,40). The van der Waals surface area contributed by atoms with Crippen LogP contribution in [0.3, 0.4) is 0 Å². The molecule has 0 saturated carbocycles. The SMILES string of the molecule is O=C(Nc1cncc(Cc2ccccc2)c1)C1=C2NC2Nc2ccc(-c3cncc(CN4CCCCC4)c3)cc21. The number of carbonyl (C=O) groups excluding carboxylic acids is 1. The first kappa shape index (κ1) is 24.5. The third-order valence-electron chi connectivity index (χ3n) is 7.88. The van der Waals surface area contributed by atoms with E-state index in [1.807, 2.05) is 42.9 Å². The minimum atomic E-state index is -0.138. The minimum Gasteiger partial charge on any atom is -0.360 e. The second kappa shape index (κ2) is 10.6. The van der Waals surface area contributed by atoms with Crippen LogP contribution in [-0.2, 0) is 17.8 Å². The Morgan fingerprint density at radius 1 is 0.825 bits per heavy atom.